The number of aryl methyl sites for hydroxylation is 1. The molecule has 0 unspecified atom stereocenters. The van der Waals surface area contributed by atoms with E-state index in [9.17, 15) is 0 Å². The summed E-state index contributed by atoms with van der Waals surface area (Å²) in [5.41, 5.74) is 0.879. The first-order chi connectivity index (χ1) is 9.42. The Labute approximate surface area is 113 Å². The quantitative estimate of drug-likeness (QED) is 0.663. The van der Waals surface area contributed by atoms with Crippen LogP contribution in [0.3, 0.4) is 0 Å². The average Bonchev–Trinajstić information content (AvgIpc) is 3.11. The summed E-state index contributed by atoms with van der Waals surface area (Å²) in [6.45, 7) is 0.859. The third-order valence-electron chi connectivity index (χ3n) is 2.47. The van der Waals surface area contributed by atoms with Crippen LogP contribution in [0.15, 0.2) is 52.9 Å². The van der Waals surface area contributed by atoms with Crippen molar-refractivity contribution in [1.29, 1.82) is 0 Å². The fraction of sp³-hybridized carbons (Fsp3) is 0.167. The lowest BCUT2D eigenvalue weighted by atomic mass is 10.3. The molecule has 0 aliphatic heterocycles. The lowest BCUT2D eigenvalue weighted by Crippen LogP contribution is -1.96. The fourth-order valence-corrected chi connectivity index (χ4v) is 2.25. The van der Waals surface area contributed by atoms with Gasteiger partial charge in [0.2, 0.25) is 5.89 Å². The number of aromatic nitrogens is 5. The summed E-state index contributed by atoms with van der Waals surface area (Å²) < 4.78 is 7.58. The zero-order valence-corrected chi connectivity index (χ0v) is 10.8. The van der Waals surface area contributed by atoms with Crippen molar-refractivity contribution in [2.75, 3.05) is 5.75 Å². The van der Waals surface area contributed by atoms with Crippen molar-refractivity contribution < 1.29 is 4.42 Å². The highest BCUT2D eigenvalue weighted by Crippen LogP contribution is 2.22. The lowest BCUT2D eigenvalue weighted by Gasteiger charge is -1.98. The Bertz CT molecular complexity index is 623. The second-order valence-electron chi connectivity index (χ2n) is 3.76. The molecule has 6 nitrogen and oxygen atoms in total. The van der Waals surface area contributed by atoms with E-state index in [1.54, 1.807) is 24.9 Å². The third-order valence-corrected chi connectivity index (χ3v) is 3.27. The first kappa shape index (κ1) is 11.9. The van der Waals surface area contributed by atoms with Crippen molar-refractivity contribution in [3.05, 3.63) is 43.2 Å². The maximum atomic E-state index is 5.58. The average molecular weight is 273 g/mol. The van der Waals surface area contributed by atoms with Gasteiger partial charge in [0.1, 0.15) is 0 Å². The van der Waals surface area contributed by atoms with Crippen LogP contribution in [-0.2, 0) is 6.54 Å². The molecule has 3 rings (SSSR count). The Kier molecular flexibility index (Phi) is 3.55. The summed E-state index contributed by atoms with van der Waals surface area (Å²) in [5.74, 6) is 1.38. The van der Waals surface area contributed by atoms with Gasteiger partial charge in [0, 0.05) is 42.6 Å². The van der Waals surface area contributed by atoms with Crippen LogP contribution < -0.4 is 0 Å². The van der Waals surface area contributed by atoms with Gasteiger partial charge in [-0.25, -0.2) is 4.98 Å². The number of hydrogen-bond acceptors (Lipinski definition) is 6. The van der Waals surface area contributed by atoms with Crippen molar-refractivity contribution in [2.24, 2.45) is 0 Å². The molecule has 0 saturated carbocycles. The van der Waals surface area contributed by atoms with Crippen molar-refractivity contribution in [2.45, 2.75) is 11.8 Å². The first-order valence-electron chi connectivity index (χ1n) is 5.74. The minimum absolute atomic E-state index is 0.521. The molecule has 0 aromatic carbocycles. The van der Waals surface area contributed by atoms with Gasteiger partial charge in [-0.3, -0.25) is 4.98 Å². The van der Waals surface area contributed by atoms with Crippen LogP contribution in [0.25, 0.3) is 11.5 Å². The zero-order chi connectivity index (χ0) is 12.9. The van der Waals surface area contributed by atoms with Crippen LogP contribution in [0.1, 0.15) is 0 Å². The van der Waals surface area contributed by atoms with Gasteiger partial charge in [-0.2, -0.15) is 0 Å². The van der Waals surface area contributed by atoms with Gasteiger partial charge >= 0.3 is 0 Å². The minimum Gasteiger partial charge on any atom is -0.411 e. The van der Waals surface area contributed by atoms with Gasteiger partial charge in [-0.1, -0.05) is 11.8 Å². The molecule has 0 saturated heterocycles. The van der Waals surface area contributed by atoms with Gasteiger partial charge in [0.05, 0.1) is 6.33 Å². The standard InChI is InChI=1S/C12H11N5OS/c1-3-13-4-2-10(1)11-15-16-12(18-11)19-8-7-17-6-5-14-9-17/h1-6,9H,7-8H2. The fourth-order valence-electron chi connectivity index (χ4n) is 1.54. The maximum Gasteiger partial charge on any atom is 0.276 e. The summed E-state index contributed by atoms with van der Waals surface area (Å²) in [6, 6.07) is 3.68. The van der Waals surface area contributed by atoms with E-state index >= 15 is 0 Å². The molecule has 0 radical (unpaired) electrons. The van der Waals surface area contributed by atoms with Gasteiger partial charge < -0.3 is 8.98 Å². The highest BCUT2D eigenvalue weighted by Gasteiger charge is 2.08. The normalized spacial score (nSPS) is 10.7. The highest BCUT2D eigenvalue weighted by molar-refractivity contribution is 7.99. The van der Waals surface area contributed by atoms with Gasteiger partial charge in [-0.15, -0.1) is 10.2 Å². The molecular weight excluding hydrogens is 262 g/mol. The number of nitrogens with zero attached hydrogens (tertiary/aromatic N) is 5. The van der Waals surface area contributed by atoms with Crippen molar-refractivity contribution in [3.8, 4) is 11.5 Å². The van der Waals surface area contributed by atoms with Crippen LogP contribution in [0, 0.1) is 0 Å². The third kappa shape index (κ3) is 3.00. The molecule has 3 heterocycles. The topological polar surface area (TPSA) is 69.6 Å². The van der Waals surface area contributed by atoms with E-state index in [0.29, 0.717) is 11.1 Å². The molecule has 0 N–H and O–H groups in total. The van der Waals surface area contributed by atoms with E-state index in [4.69, 9.17) is 4.42 Å². The number of imidazole rings is 1. The monoisotopic (exact) mass is 273 g/mol. The molecule has 0 aliphatic carbocycles. The molecule has 0 spiro atoms. The zero-order valence-electron chi connectivity index (χ0n) is 10.0. The minimum atomic E-state index is 0.521. The van der Waals surface area contributed by atoms with Gasteiger partial charge in [-0.05, 0) is 12.1 Å². The molecule has 7 heteroatoms. The SMILES string of the molecule is c1cc(-c2nnc(SCCn3ccnc3)o2)ccn1. The van der Waals surface area contributed by atoms with E-state index < -0.39 is 0 Å². The predicted molar refractivity (Wildman–Crippen MR) is 70.5 cm³/mol. The van der Waals surface area contributed by atoms with Crippen LogP contribution in [0.2, 0.25) is 0 Å². The molecule has 3 aromatic heterocycles. The highest BCUT2D eigenvalue weighted by atomic mass is 32.2. The summed E-state index contributed by atoms with van der Waals surface area (Å²) in [4.78, 5) is 7.94. The van der Waals surface area contributed by atoms with Crippen molar-refractivity contribution in [1.82, 2.24) is 24.7 Å². The first-order valence-corrected chi connectivity index (χ1v) is 6.73. The van der Waals surface area contributed by atoms with E-state index in [1.165, 1.54) is 11.8 Å². The summed E-state index contributed by atoms with van der Waals surface area (Å²) in [7, 11) is 0. The van der Waals surface area contributed by atoms with E-state index in [0.717, 1.165) is 17.9 Å². The van der Waals surface area contributed by atoms with Crippen molar-refractivity contribution >= 4 is 11.8 Å². The van der Waals surface area contributed by atoms with Crippen molar-refractivity contribution in [3.63, 3.8) is 0 Å². The molecule has 0 atom stereocenters. The summed E-state index contributed by atoms with van der Waals surface area (Å²) in [6.07, 6.45) is 8.88. The number of pyridine rings is 1. The Balaban J connectivity index is 1.59. The molecule has 0 amide bonds. The molecule has 19 heavy (non-hydrogen) atoms. The predicted octanol–water partition coefficient (Wildman–Crippen LogP) is 2.12. The van der Waals surface area contributed by atoms with Gasteiger partial charge in [0.25, 0.3) is 5.22 Å². The molecule has 0 fully saturated rings. The Morgan fingerprint density at radius 3 is 2.79 bits per heavy atom. The Hall–Kier alpha value is -2.15. The van der Waals surface area contributed by atoms with Crippen LogP contribution in [0.4, 0.5) is 0 Å². The summed E-state index contributed by atoms with van der Waals surface area (Å²) in [5, 5.41) is 8.61. The Morgan fingerprint density at radius 1 is 1.11 bits per heavy atom. The summed E-state index contributed by atoms with van der Waals surface area (Å²) >= 11 is 1.53. The molecular formula is C12H11N5OS. The van der Waals surface area contributed by atoms with Crippen LogP contribution in [0.5, 0.6) is 0 Å². The van der Waals surface area contributed by atoms with E-state index in [2.05, 4.69) is 20.2 Å². The maximum absolute atomic E-state index is 5.58. The molecule has 3 aromatic rings. The second kappa shape index (κ2) is 5.66. The molecule has 0 bridgehead atoms. The second-order valence-corrected chi connectivity index (χ2v) is 4.80. The molecule has 96 valence electrons. The number of rotatable bonds is 5. The smallest absolute Gasteiger partial charge is 0.276 e. The van der Waals surface area contributed by atoms with E-state index in [1.807, 2.05) is 22.9 Å². The number of thioether (sulfide) groups is 1. The Morgan fingerprint density at radius 2 is 2.00 bits per heavy atom. The number of hydrogen-bond donors (Lipinski definition) is 0. The largest absolute Gasteiger partial charge is 0.411 e. The van der Waals surface area contributed by atoms with Gasteiger partial charge in [0.15, 0.2) is 0 Å². The molecule has 0 aliphatic rings. The van der Waals surface area contributed by atoms with Crippen LogP contribution in [-0.4, -0.2) is 30.5 Å². The lowest BCUT2D eigenvalue weighted by molar-refractivity contribution is 0.465. The van der Waals surface area contributed by atoms with Crippen LogP contribution >= 0.6 is 11.8 Å². The van der Waals surface area contributed by atoms with E-state index in [-0.39, 0.29) is 0 Å².